The zero-order chi connectivity index (χ0) is 29.5. The molecule has 0 saturated heterocycles. The predicted molar refractivity (Wildman–Crippen MR) is 162 cm³/mol. The van der Waals surface area contributed by atoms with Crippen LogP contribution in [0, 0.1) is 0 Å². The van der Waals surface area contributed by atoms with Crippen LogP contribution in [-0.2, 0) is 29.1 Å². The van der Waals surface area contributed by atoms with Crippen molar-refractivity contribution >= 4 is 29.5 Å². The average Bonchev–Trinajstić information content (AvgIpc) is 2.98. The van der Waals surface area contributed by atoms with Crippen LogP contribution in [0.2, 0.25) is 5.02 Å². The van der Waals surface area contributed by atoms with Crippen LogP contribution in [-0.4, -0.2) is 39.6 Å². The molecule has 3 aromatic carbocycles. The molecule has 0 aromatic heterocycles. The molecule has 3 rings (SSSR count). The molecule has 0 aliphatic carbocycles. The molecule has 41 heavy (non-hydrogen) atoms. The molecule has 0 atom stereocenters. The first-order valence-corrected chi connectivity index (χ1v) is 13.8. The van der Waals surface area contributed by atoms with E-state index in [4.69, 9.17) is 16.4 Å². The molecular weight excluding hydrogens is 540 g/mol. The first kappa shape index (κ1) is 31.2. The molecule has 0 bridgehead atoms. The quantitative estimate of drug-likeness (QED) is 0.0668. The first-order chi connectivity index (χ1) is 19.9. The molecule has 7 nitrogen and oxygen atoms in total. The maximum atomic E-state index is 13.3. The van der Waals surface area contributed by atoms with Gasteiger partial charge in [-0.3, -0.25) is 9.59 Å². The minimum Gasteiger partial charge on any atom is -0.507 e. The normalized spacial score (nSPS) is 11.7. The number of carbonyl (C=O) groups is 2. The van der Waals surface area contributed by atoms with Crippen LogP contribution in [0.1, 0.15) is 53.2 Å². The highest BCUT2D eigenvalue weighted by Gasteiger charge is 2.19. The number of rotatable bonds is 15. The third-order valence-corrected chi connectivity index (χ3v) is 6.63. The van der Waals surface area contributed by atoms with E-state index in [0.29, 0.717) is 25.1 Å². The third-order valence-electron chi connectivity index (χ3n) is 6.21. The number of benzene rings is 3. The smallest absolute Gasteiger partial charge is 0.263 e. The van der Waals surface area contributed by atoms with Gasteiger partial charge in [-0.2, -0.15) is 0 Å². The van der Waals surface area contributed by atoms with Gasteiger partial charge >= 0.3 is 0 Å². The van der Waals surface area contributed by atoms with Crippen molar-refractivity contribution in [3.05, 3.63) is 118 Å². The number of unbranched alkanes of at least 4 members (excludes halogenated alkanes) is 1. The van der Waals surface area contributed by atoms with Crippen molar-refractivity contribution in [2.45, 2.75) is 45.7 Å². The second-order valence-electron chi connectivity index (χ2n) is 9.35. The average molecular weight is 575 g/mol. The van der Waals surface area contributed by atoms with Gasteiger partial charge in [-0.1, -0.05) is 103 Å². The molecule has 2 N–H and O–H groups in total. The van der Waals surface area contributed by atoms with E-state index in [1.165, 1.54) is 0 Å². The van der Waals surface area contributed by atoms with Gasteiger partial charge in [-0.05, 0) is 42.0 Å². The number of carbonyl (C=O) groups excluding carboxylic acids is 2. The Kier molecular flexibility index (Phi) is 12.7. The molecule has 0 radical (unpaired) electrons. The van der Waals surface area contributed by atoms with Crippen molar-refractivity contribution in [1.29, 1.82) is 0 Å². The summed E-state index contributed by atoms with van der Waals surface area (Å²) in [6.45, 7) is 2.56. The van der Waals surface area contributed by atoms with Gasteiger partial charge < -0.3 is 20.0 Å². The van der Waals surface area contributed by atoms with E-state index in [2.05, 4.69) is 24.2 Å². The van der Waals surface area contributed by atoms with Gasteiger partial charge in [0.15, 0.2) is 12.9 Å². The Bertz CT molecular complexity index is 1330. The number of nitrogens with zero attached hydrogens (tertiary/aromatic N) is 2. The number of aromatic hydroxyl groups is 2. The molecule has 0 fully saturated rings. The lowest BCUT2D eigenvalue weighted by molar-refractivity contribution is -0.137. The Morgan fingerprint density at radius 1 is 0.927 bits per heavy atom. The fourth-order valence-electron chi connectivity index (χ4n) is 4.10. The highest BCUT2D eigenvalue weighted by Crippen LogP contribution is 2.35. The fraction of sp³-hybridized carbons (Fsp3) is 0.242. The summed E-state index contributed by atoms with van der Waals surface area (Å²) in [5, 5.41) is 24.4. The van der Waals surface area contributed by atoms with Crippen LogP contribution in [0.3, 0.4) is 0 Å². The van der Waals surface area contributed by atoms with Gasteiger partial charge in [0.05, 0.1) is 16.3 Å². The van der Waals surface area contributed by atoms with Crippen LogP contribution in [0.25, 0.3) is 0 Å². The Morgan fingerprint density at radius 3 is 2.12 bits per heavy atom. The van der Waals surface area contributed by atoms with Gasteiger partial charge in [-0.25, -0.2) is 0 Å². The summed E-state index contributed by atoms with van der Waals surface area (Å²) in [4.78, 5) is 32.2. The number of halogens is 1. The minimum absolute atomic E-state index is 0.0118. The highest BCUT2D eigenvalue weighted by molar-refractivity contribution is 6.33. The molecule has 0 spiro atoms. The number of phenols is 2. The van der Waals surface area contributed by atoms with Gasteiger partial charge in [0, 0.05) is 25.6 Å². The Balaban J connectivity index is 1.80. The maximum absolute atomic E-state index is 13.3. The molecule has 0 aliphatic heterocycles. The zero-order valence-corrected chi connectivity index (χ0v) is 23.8. The topological polar surface area (TPSA) is 99.4 Å². The SMILES string of the molecule is CC/C=C/CC/C=C/C(Cc1c(Cl)c(O)cc(O)c1C=O)=N/OCC(=O)N(Cc1ccccc1)Cc1ccccc1. The van der Waals surface area contributed by atoms with E-state index in [9.17, 15) is 19.8 Å². The van der Waals surface area contributed by atoms with Crippen LogP contribution < -0.4 is 0 Å². The molecule has 0 saturated carbocycles. The summed E-state index contributed by atoms with van der Waals surface area (Å²) in [7, 11) is 0. The fourth-order valence-corrected chi connectivity index (χ4v) is 4.33. The maximum Gasteiger partial charge on any atom is 0.263 e. The Hall–Kier alpha value is -4.36. The Morgan fingerprint density at radius 2 is 1.54 bits per heavy atom. The number of phenolic OH excluding ortho intramolecular Hbond substituents is 2. The summed E-state index contributed by atoms with van der Waals surface area (Å²) < 4.78 is 0. The lowest BCUT2D eigenvalue weighted by atomic mass is 10.0. The van der Waals surface area contributed by atoms with Crippen molar-refractivity contribution in [2.75, 3.05) is 6.61 Å². The summed E-state index contributed by atoms with van der Waals surface area (Å²) in [5.74, 6) is -0.999. The molecule has 214 valence electrons. The van der Waals surface area contributed by atoms with Gasteiger partial charge in [-0.15, -0.1) is 0 Å². The molecule has 0 heterocycles. The van der Waals surface area contributed by atoms with Crippen molar-refractivity contribution in [3.8, 4) is 11.5 Å². The number of oxime groups is 1. The number of allylic oxidation sites excluding steroid dienone is 4. The predicted octanol–water partition coefficient (Wildman–Crippen LogP) is 7.01. The minimum atomic E-state index is -0.390. The second kappa shape index (κ2) is 16.7. The summed E-state index contributed by atoms with van der Waals surface area (Å²) in [6, 6.07) is 20.4. The number of hydrogen-bond donors (Lipinski definition) is 2. The third kappa shape index (κ3) is 9.96. The highest BCUT2D eigenvalue weighted by atomic mass is 35.5. The van der Waals surface area contributed by atoms with Crippen molar-refractivity contribution in [3.63, 3.8) is 0 Å². The van der Waals surface area contributed by atoms with E-state index in [1.54, 1.807) is 11.0 Å². The summed E-state index contributed by atoms with van der Waals surface area (Å²) in [5.41, 5.74) is 2.50. The van der Waals surface area contributed by atoms with E-state index in [0.717, 1.165) is 36.5 Å². The number of hydrogen-bond acceptors (Lipinski definition) is 6. The largest absolute Gasteiger partial charge is 0.507 e. The monoisotopic (exact) mass is 574 g/mol. The summed E-state index contributed by atoms with van der Waals surface area (Å²) >= 11 is 6.28. The van der Waals surface area contributed by atoms with Crippen LogP contribution in [0.15, 0.2) is 96.2 Å². The molecule has 0 unspecified atom stereocenters. The van der Waals surface area contributed by atoms with E-state index in [1.807, 2.05) is 66.7 Å². The second-order valence-corrected chi connectivity index (χ2v) is 9.73. The van der Waals surface area contributed by atoms with E-state index in [-0.39, 0.29) is 40.8 Å². The lowest BCUT2D eigenvalue weighted by Crippen LogP contribution is -2.32. The van der Waals surface area contributed by atoms with Crippen molar-refractivity contribution in [1.82, 2.24) is 4.90 Å². The first-order valence-electron chi connectivity index (χ1n) is 13.5. The van der Waals surface area contributed by atoms with Crippen molar-refractivity contribution < 1.29 is 24.6 Å². The molecule has 3 aromatic rings. The Labute approximate surface area is 246 Å². The number of aldehydes is 1. The van der Waals surface area contributed by atoms with Crippen LogP contribution in [0.5, 0.6) is 11.5 Å². The lowest BCUT2D eigenvalue weighted by Gasteiger charge is -2.22. The van der Waals surface area contributed by atoms with Gasteiger partial charge in [0.25, 0.3) is 5.91 Å². The van der Waals surface area contributed by atoms with E-state index >= 15 is 0 Å². The molecule has 8 heteroatoms. The molecule has 1 amide bonds. The van der Waals surface area contributed by atoms with Crippen LogP contribution >= 0.6 is 11.6 Å². The van der Waals surface area contributed by atoms with E-state index < -0.39 is 5.75 Å². The van der Waals surface area contributed by atoms with Gasteiger partial charge in [0.1, 0.15) is 11.5 Å². The van der Waals surface area contributed by atoms with Crippen LogP contribution in [0.4, 0.5) is 0 Å². The molecule has 0 aliphatic rings. The van der Waals surface area contributed by atoms with Crippen molar-refractivity contribution in [2.24, 2.45) is 5.16 Å². The standard InChI is InChI=1S/C33H35ClN2O5/c1-2-3-4-5-6-13-18-27(19-28-29(23-37)30(38)20-31(39)33(28)34)35-41-24-32(40)36(21-25-14-9-7-10-15-25)22-26-16-11-8-12-17-26/h3-4,7-18,20,23,38-39H,2,5-6,19,21-22,24H2,1H3/b4-3+,18-13+,35-27-. The summed E-state index contributed by atoms with van der Waals surface area (Å²) in [6.07, 6.45) is 10.8. The zero-order valence-electron chi connectivity index (χ0n) is 23.1. The van der Waals surface area contributed by atoms with Gasteiger partial charge in [0.2, 0.25) is 0 Å². The number of amides is 1. The molecular formula is C33H35ClN2O5.